The molecule has 0 saturated carbocycles. The second-order valence-electron chi connectivity index (χ2n) is 4.94. The fourth-order valence-electron chi connectivity index (χ4n) is 2.27. The number of hydrogen-bond donors (Lipinski definition) is 2. The van der Waals surface area contributed by atoms with E-state index in [1.807, 2.05) is 30.3 Å². The number of aromatic nitrogens is 1. The molecule has 0 atom stereocenters. The Labute approximate surface area is 132 Å². The van der Waals surface area contributed by atoms with E-state index < -0.39 is 11.8 Å². The highest BCUT2D eigenvalue weighted by atomic mass is 19.1. The zero-order chi connectivity index (χ0) is 16.2. The fraction of sp³-hybridized carbons (Fsp3) is 0. The Morgan fingerprint density at radius 1 is 1.04 bits per heavy atom. The average Bonchev–Trinajstić information content (AvgIpc) is 2.56. The van der Waals surface area contributed by atoms with E-state index in [4.69, 9.17) is 0 Å². The van der Waals surface area contributed by atoms with Crippen molar-refractivity contribution in [1.29, 1.82) is 0 Å². The highest BCUT2D eigenvalue weighted by Crippen LogP contribution is 2.26. The Morgan fingerprint density at radius 2 is 1.87 bits per heavy atom. The maximum absolute atomic E-state index is 13.4. The molecule has 0 amide bonds. The van der Waals surface area contributed by atoms with E-state index in [1.54, 1.807) is 18.5 Å². The van der Waals surface area contributed by atoms with Crippen molar-refractivity contribution in [2.24, 2.45) is 0 Å². The van der Waals surface area contributed by atoms with Crippen molar-refractivity contribution in [2.75, 3.05) is 5.32 Å². The number of hydrogen-bond acceptors (Lipinski definition) is 3. The molecular weight excluding hydrogens is 295 g/mol. The molecule has 0 unspecified atom stereocenters. The Bertz CT molecular complexity index is 851. The molecule has 0 aliphatic heterocycles. The van der Waals surface area contributed by atoms with Crippen LogP contribution in [0, 0.1) is 5.82 Å². The van der Waals surface area contributed by atoms with Gasteiger partial charge in [0.2, 0.25) is 0 Å². The van der Waals surface area contributed by atoms with E-state index in [2.05, 4.69) is 10.3 Å². The second-order valence-corrected chi connectivity index (χ2v) is 4.94. The minimum absolute atomic E-state index is 0.0122. The molecule has 0 saturated heterocycles. The van der Waals surface area contributed by atoms with Gasteiger partial charge < -0.3 is 10.4 Å². The van der Waals surface area contributed by atoms with Gasteiger partial charge in [0.15, 0.2) is 0 Å². The molecular formula is C18H13FN2O2. The van der Waals surface area contributed by atoms with Gasteiger partial charge >= 0.3 is 5.97 Å². The predicted octanol–water partition coefficient (Wildman–Crippen LogP) is 4.33. The van der Waals surface area contributed by atoms with Gasteiger partial charge in [0.05, 0.1) is 11.3 Å². The van der Waals surface area contributed by atoms with Crippen LogP contribution < -0.4 is 5.32 Å². The van der Waals surface area contributed by atoms with Crippen molar-refractivity contribution in [1.82, 2.24) is 4.98 Å². The number of anilines is 2. The SMILES string of the molecule is O=C(O)c1ccc(F)cc1Nc1cccc(-c2cccnc2)c1. The van der Waals surface area contributed by atoms with Crippen LogP contribution in [0.4, 0.5) is 15.8 Å². The first-order chi connectivity index (χ1) is 11.1. The highest BCUT2D eigenvalue weighted by Gasteiger charge is 2.11. The van der Waals surface area contributed by atoms with Crippen molar-refractivity contribution in [3.05, 3.63) is 78.4 Å². The lowest BCUT2D eigenvalue weighted by Crippen LogP contribution is -2.03. The first-order valence-corrected chi connectivity index (χ1v) is 6.94. The van der Waals surface area contributed by atoms with Crippen LogP contribution in [0.5, 0.6) is 0 Å². The normalized spacial score (nSPS) is 10.3. The van der Waals surface area contributed by atoms with E-state index in [9.17, 15) is 14.3 Å². The van der Waals surface area contributed by atoms with Gasteiger partial charge in [0, 0.05) is 23.6 Å². The molecule has 23 heavy (non-hydrogen) atoms. The Balaban J connectivity index is 1.96. The van der Waals surface area contributed by atoms with Crippen LogP contribution in [-0.2, 0) is 0 Å². The monoisotopic (exact) mass is 308 g/mol. The number of halogens is 1. The average molecular weight is 308 g/mol. The maximum Gasteiger partial charge on any atom is 0.337 e. The number of nitrogens with one attached hydrogen (secondary N) is 1. The van der Waals surface area contributed by atoms with Crippen LogP contribution in [0.2, 0.25) is 0 Å². The molecule has 0 radical (unpaired) electrons. The number of carbonyl (C=O) groups is 1. The quantitative estimate of drug-likeness (QED) is 0.753. The summed E-state index contributed by atoms with van der Waals surface area (Å²) in [6, 6.07) is 14.7. The zero-order valence-electron chi connectivity index (χ0n) is 12.0. The van der Waals surface area contributed by atoms with Crippen LogP contribution in [0.25, 0.3) is 11.1 Å². The van der Waals surface area contributed by atoms with Crippen LogP contribution in [0.3, 0.4) is 0 Å². The lowest BCUT2D eigenvalue weighted by Gasteiger charge is -2.11. The standard InChI is InChI=1S/C18H13FN2O2/c19-14-6-7-16(18(22)23)17(10-14)21-15-5-1-3-12(9-15)13-4-2-8-20-11-13/h1-11,21H,(H,22,23). The van der Waals surface area contributed by atoms with E-state index in [0.29, 0.717) is 5.69 Å². The van der Waals surface area contributed by atoms with Gasteiger partial charge in [0.25, 0.3) is 0 Å². The van der Waals surface area contributed by atoms with E-state index in [-0.39, 0.29) is 11.3 Å². The van der Waals surface area contributed by atoms with Gasteiger partial charge in [0.1, 0.15) is 5.82 Å². The molecule has 3 rings (SSSR count). The smallest absolute Gasteiger partial charge is 0.337 e. The molecule has 0 fully saturated rings. The molecule has 0 aliphatic carbocycles. The Hall–Kier alpha value is -3.21. The summed E-state index contributed by atoms with van der Waals surface area (Å²) >= 11 is 0. The first kappa shape index (κ1) is 14.7. The number of benzene rings is 2. The van der Waals surface area contributed by atoms with Crippen molar-refractivity contribution in [3.8, 4) is 11.1 Å². The van der Waals surface area contributed by atoms with Gasteiger partial charge in [-0.05, 0) is 42.0 Å². The van der Waals surface area contributed by atoms with Gasteiger partial charge in [-0.1, -0.05) is 18.2 Å². The molecule has 114 valence electrons. The zero-order valence-corrected chi connectivity index (χ0v) is 12.0. The summed E-state index contributed by atoms with van der Waals surface area (Å²) in [5.74, 6) is -1.61. The number of aromatic carboxylic acids is 1. The topological polar surface area (TPSA) is 62.2 Å². The number of rotatable bonds is 4. The van der Waals surface area contributed by atoms with Crippen molar-refractivity contribution in [2.45, 2.75) is 0 Å². The number of carboxylic acids is 1. The van der Waals surface area contributed by atoms with Gasteiger partial charge in [-0.25, -0.2) is 9.18 Å². The largest absolute Gasteiger partial charge is 0.478 e. The van der Waals surface area contributed by atoms with Crippen molar-refractivity contribution in [3.63, 3.8) is 0 Å². The molecule has 2 N–H and O–H groups in total. The third-order valence-electron chi connectivity index (χ3n) is 3.35. The van der Waals surface area contributed by atoms with Gasteiger partial charge in [-0.2, -0.15) is 0 Å². The van der Waals surface area contributed by atoms with Crippen molar-refractivity contribution >= 4 is 17.3 Å². The Kier molecular flexibility index (Phi) is 4.01. The second kappa shape index (κ2) is 6.27. The fourth-order valence-corrected chi connectivity index (χ4v) is 2.27. The molecule has 3 aromatic rings. The number of pyridine rings is 1. The summed E-state index contributed by atoms with van der Waals surface area (Å²) in [5.41, 5.74) is 2.75. The number of nitrogens with zero attached hydrogens (tertiary/aromatic N) is 1. The molecule has 0 aliphatic rings. The van der Waals surface area contributed by atoms with Crippen LogP contribution in [0.1, 0.15) is 10.4 Å². The number of carboxylic acid groups (broad SMARTS) is 1. The molecule has 5 heteroatoms. The van der Waals surface area contributed by atoms with E-state index in [0.717, 1.165) is 17.2 Å². The first-order valence-electron chi connectivity index (χ1n) is 6.94. The summed E-state index contributed by atoms with van der Waals surface area (Å²) in [6.45, 7) is 0. The highest BCUT2D eigenvalue weighted by molar-refractivity contribution is 5.95. The summed E-state index contributed by atoms with van der Waals surface area (Å²) < 4.78 is 13.4. The van der Waals surface area contributed by atoms with Crippen LogP contribution in [-0.4, -0.2) is 16.1 Å². The summed E-state index contributed by atoms with van der Waals surface area (Å²) in [5, 5.41) is 12.2. The minimum atomic E-state index is -1.11. The third kappa shape index (κ3) is 3.35. The van der Waals surface area contributed by atoms with Gasteiger partial charge in [-0.3, -0.25) is 4.98 Å². The van der Waals surface area contributed by atoms with Crippen LogP contribution in [0.15, 0.2) is 67.0 Å². The summed E-state index contributed by atoms with van der Waals surface area (Å²) in [4.78, 5) is 15.3. The molecule has 0 spiro atoms. The lowest BCUT2D eigenvalue weighted by atomic mass is 10.1. The van der Waals surface area contributed by atoms with E-state index >= 15 is 0 Å². The van der Waals surface area contributed by atoms with E-state index in [1.165, 1.54) is 12.1 Å². The maximum atomic E-state index is 13.4. The molecule has 1 heterocycles. The Morgan fingerprint density at radius 3 is 2.61 bits per heavy atom. The molecule has 2 aromatic carbocycles. The van der Waals surface area contributed by atoms with Crippen LogP contribution >= 0.6 is 0 Å². The van der Waals surface area contributed by atoms with Gasteiger partial charge in [-0.15, -0.1) is 0 Å². The summed E-state index contributed by atoms with van der Waals surface area (Å²) in [6.07, 6.45) is 3.43. The lowest BCUT2D eigenvalue weighted by molar-refractivity contribution is 0.0698. The predicted molar refractivity (Wildman–Crippen MR) is 86.3 cm³/mol. The summed E-state index contributed by atoms with van der Waals surface area (Å²) in [7, 11) is 0. The third-order valence-corrected chi connectivity index (χ3v) is 3.35. The minimum Gasteiger partial charge on any atom is -0.478 e. The molecule has 1 aromatic heterocycles. The molecule has 0 bridgehead atoms. The van der Waals surface area contributed by atoms with Crippen molar-refractivity contribution < 1.29 is 14.3 Å². The molecule has 4 nitrogen and oxygen atoms in total.